The third kappa shape index (κ3) is 3.26. The van der Waals surface area contributed by atoms with Crippen LogP contribution in [0.5, 0.6) is 0 Å². The fourth-order valence-corrected chi connectivity index (χ4v) is 3.37. The second-order valence-electron chi connectivity index (χ2n) is 3.57. The molecule has 1 aliphatic heterocycles. The lowest BCUT2D eigenvalue weighted by atomic mass is 10.1. The molecule has 0 amide bonds. The Hall–Kier alpha value is -0.0600. The number of aromatic nitrogens is 1. The monoisotopic (exact) mass is 228 g/mol. The smallest absolute Gasteiger partial charge is 0.0794 e. The molecule has 2 heterocycles. The minimum atomic E-state index is 0.759. The molecule has 1 saturated heterocycles. The molecule has 1 aromatic rings. The molecule has 0 aliphatic carbocycles. The van der Waals surface area contributed by atoms with Crippen LogP contribution in [0.1, 0.15) is 18.5 Å². The normalized spacial score (nSPS) is 18.6. The van der Waals surface area contributed by atoms with Crippen LogP contribution in [0.3, 0.4) is 0 Å². The fraction of sp³-hybridized carbons (Fsp3) is 0.700. The number of thioether (sulfide) groups is 1. The van der Waals surface area contributed by atoms with Gasteiger partial charge in [0.25, 0.3) is 0 Å². The number of rotatable bonds is 4. The van der Waals surface area contributed by atoms with Crippen molar-refractivity contribution in [2.24, 2.45) is 0 Å². The summed E-state index contributed by atoms with van der Waals surface area (Å²) in [5.41, 5.74) is 3.14. The van der Waals surface area contributed by atoms with Gasteiger partial charge in [-0.25, -0.2) is 4.98 Å². The van der Waals surface area contributed by atoms with E-state index < -0.39 is 0 Å². The van der Waals surface area contributed by atoms with Gasteiger partial charge in [-0.3, -0.25) is 0 Å². The quantitative estimate of drug-likeness (QED) is 0.855. The highest BCUT2D eigenvalue weighted by atomic mass is 32.2. The molecule has 0 spiro atoms. The van der Waals surface area contributed by atoms with Gasteiger partial charge in [0, 0.05) is 24.4 Å². The minimum Gasteiger partial charge on any atom is -0.314 e. The number of nitrogens with one attached hydrogen (secondary N) is 1. The summed E-state index contributed by atoms with van der Waals surface area (Å²) < 4.78 is 0. The number of hydrogen-bond acceptors (Lipinski definition) is 4. The maximum absolute atomic E-state index is 4.27. The van der Waals surface area contributed by atoms with Crippen molar-refractivity contribution >= 4 is 23.1 Å². The maximum Gasteiger partial charge on any atom is 0.0794 e. The van der Waals surface area contributed by atoms with Crippen LogP contribution in [0.15, 0.2) is 10.9 Å². The molecule has 0 atom stereocenters. The summed E-state index contributed by atoms with van der Waals surface area (Å²) in [7, 11) is 0. The topological polar surface area (TPSA) is 24.9 Å². The summed E-state index contributed by atoms with van der Waals surface area (Å²) >= 11 is 3.76. The number of nitrogens with zero attached hydrogens (tertiary/aromatic N) is 1. The second-order valence-corrected chi connectivity index (χ2v) is 5.51. The lowest BCUT2D eigenvalue weighted by Crippen LogP contribution is -2.33. The van der Waals surface area contributed by atoms with E-state index in [4.69, 9.17) is 0 Å². The molecule has 0 bridgehead atoms. The van der Waals surface area contributed by atoms with E-state index in [1.807, 2.05) is 5.51 Å². The molecule has 0 aromatic carbocycles. The van der Waals surface area contributed by atoms with E-state index in [0.717, 1.165) is 19.0 Å². The van der Waals surface area contributed by atoms with Crippen molar-refractivity contribution in [1.82, 2.24) is 10.3 Å². The standard InChI is InChI=1S/C10H16N2S2/c1(10-7-14-8-12-10)4-11-9-2-5-13-6-3-9/h7-9,11H,1-6H2. The van der Waals surface area contributed by atoms with Crippen molar-refractivity contribution in [3.05, 3.63) is 16.6 Å². The molecule has 0 unspecified atom stereocenters. The fourth-order valence-electron chi connectivity index (χ4n) is 1.67. The Morgan fingerprint density at radius 2 is 2.29 bits per heavy atom. The molecule has 4 heteroatoms. The highest BCUT2D eigenvalue weighted by Crippen LogP contribution is 2.16. The summed E-state index contributed by atoms with van der Waals surface area (Å²) in [5, 5.41) is 5.75. The maximum atomic E-state index is 4.27. The zero-order valence-corrected chi connectivity index (χ0v) is 9.87. The molecule has 0 saturated carbocycles. The summed E-state index contributed by atoms with van der Waals surface area (Å²) in [6, 6.07) is 0.759. The van der Waals surface area contributed by atoms with Crippen molar-refractivity contribution in [3.63, 3.8) is 0 Å². The highest BCUT2D eigenvalue weighted by Gasteiger charge is 2.12. The van der Waals surface area contributed by atoms with E-state index in [0.29, 0.717) is 0 Å². The van der Waals surface area contributed by atoms with Crippen LogP contribution >= 0.6 is 23.1 Å². The second kappa shape index (κ2) is 5.73. The van der Waals surface area contributed by atoms with Crippen LogP contribution in [-0.4, -0.2) is 29.1 Å². The van der Waals surface area contributed by atoms with Crippen LogP contribution in [0.2, 0.25) is 0 Å². The van der Waals surface area contributed by atoms with Gasteiger partial charge in [-0.1, -0.05) is 0 Å². The summed E-state index contributed by atoms with van der Waals surface area (Å²) in [6.45, 7) is 1.08. The largest absolute Gasteiger partial charge is 0.314 e. The Morgan fingerprint density at radius 3 is 3.00 bits per heavy atom. The van der Waals surface area contributed by atoms with Gasteiger partial charge >= 0.3 is 0 Å². The van der Waals surface area contributed by atoms with Crippen LogP contribution < -0.4 is 5.32 Å². The predicted octanol–water partition coefficient (Wildman–Crippen LogP) is 2.17. The zero-order chi connectivity index (χ0) is 9.64. The van der Waals surface area contributed by atoms with Crippen molar-refractivity contribution in [3.8, 4) is 0 Å². The number of thiazole rings is 1. The molecule has 2 nitrogen and oxygen atoms in total. The van der Waals surface area contributed by atoms with E-state index in [-0.39, 0.29) is 0 Å². The van der Waals surface area contributed by atoms with Crippen LogP contribution in [-0.2, 0) is 6.42 Å². The van der Waals surface area contributed by atoms with Crippen LogP contribution in [0, 0.1) is 0 Å². The van der Waals surface area contributed by atoms with Gasteiger partial charge in [0.1, 0.15) is 0 Å². The Bertz CT molecular complexity index is 243. The van der Waals surface area contributed by atoms with Gasteiger partial charge in [0.05, 0.1) is 11.2 Å². The summed E-state index contributed by atoms with van der Waals surface area (Å²) in [6.07, 6.45) is 3.75. The minimum absolute atomic E-state index is 0.759. The first kappa shape index (κ1) is 10.5. The predicted molar refractivity (Wildman–Crippen MR) is 64.2 cm³/mol. The molecule has 0 radical (unpaired) electrons. The van der Waals surface area contributed by atoms with Gasteiger partial charge in [-0.2, -0.15) is 11.8 Å². The van der Waals surface area contributed by atoms with Crippen molar-refractivity contribution < 1.29 is 0 Å². The molecule has 1 aromatic heterocycles. The Morgan fingerprint density at radius 1 is 1.43 bits per heavy atom. The molecule has 14 heavy (non-hydrogen) atoms. The average Bonchev–Trinajstić information content (AvgIpc) is 2.72. The Balaban J connectivity index is 1.62. The molecule has 1 N–H and O–H groups in total. The molecule has 1 aliphatic rings. The molecule has 2 rings (SSSR count). The molecule has 1 fully saturated rings. The lowest BCUT2D eigenvalue weighted by Gasteiger charge is -2.22. The van der Waals surface area contributed by atoms with E-state index >= 15 is 0 Å². The Labute approximate surface area is 93.5 Å². The number of hydrogen-bond donors (Lipinski definition) is 1. The van der Waals surface area contributed by atoms with Crippen molar-refractivity contribution in [1.29, 1.82) is 0 Å². The van der Waals surface area contributed by atoms with Gasteiger partial charge in [0.15, 0.2) is 0 Å². The van der Waals surface area contributed by atoms with Crippen molar-refractivity contribution in [2.45, 2.75) is 25.3 Å². The van der Waals surface area contributed by atoms with Gasteiger partial charge in [0.2, 0.25) is 0 Å². The average molecular weight is 228 g/mol. The highest BCUT2D eigenvalue weighted by molar-refractivity contribution is 7.99. The first-order valence-corrected chi connectivity index (χ1v) is 7.23. The van der Waals surface area contributed by atoms with E-state index in [1.54, 1.807) is 11.3 Å². The summed E-state index contributed by atoms with van der Waals surface area (Å²) in [4.78, 5) is 4.27. The first-order chi connectivity index (χ1) is 6.95. The molecular formula is C10H16N2S2. The summed E-state index contributed by atoms with van der Waals surface area (Å²) in [5.74, 6) is 2.66. The lowest BCUT2D eigenvalue weighted by molar-refractivity contribution is 0.485. The SMILES string of the molecule is c1nc(CCNC2CCSCC2)cs1. The van der Waals surface area contributed by atoms with Gasteiger partial charge < -0.3 is 5.32 Å². The Kier molecular flexibility index (Phi) is 4.28. The third-order valence-electron chi connectivity index (χ3n) is 2.52. The third-order valence-corrected chi connectivity index (χ3v) is 4.20. The molecule has 78 valence electrons. The van der Waals surface area contributed by atoms with E-state index in [1.165, 1.54) is 30.0 Å². The molecular weight excluding hydrogens is 212 g/mol. The zero-order valence-electron chi connectivity index (χ0n) is 8.24. The van der Waals surface area contributed by atoms with E-state index in [2.05, 4.69) is 27.4 Å². The first-order valence-electron chi connectivity index (χ1n) is 5.13. The van der Waals surface area contributed by atoms with Gasteiger partial charge in [-0.15, -0.1) is 11.3 Å². The van der Waals surface area contributed by atoms with Crippen LogP contribution in [0.4, 0.5) is 0 Å². The van der Waals surface area contributed by atoms with Crippen LogP contribution in [0.25, 0.3) is 0 Å². The van der Waals surface area contributed by atoms with Crippen molar-refractivity contribution in [2.75, 3.05) is 18.1 Å². The van der Waals surface area contributed by atoms with Gasteiger partial charge in [-0.05, 0) is 24.3 Å². The van der Waals surface area contributed by atoms with E-state index in [9.17, 15) is 0 Å².